The summed E-state index contributed by atoms with van der Waals surface area (Å²) in [7, 11) is 1.87. The second-order valence-electron chi connectivity index (χ2n) is 9.15. The van der Waals surface area contributed by atoms with Crippen LogP contribution in [0, 0.1) is 5.92 Å². The highest BCUT2D eigenvalue weighted by molar-refractivity contribution is 6.30. The van der Waals surface area contributed by atoms with Gasteiger partial charge in [-0.05, 0) is 80.0 Å². The summed E-state index contributed by atoms with van der Waals surface area (Å²) in [5.74, 6) is 0.815. The van der Waals surface area contributed by atoms with E-state index in [1.165, 1.54) is 5.56 Å². The molecule has 1 aliphatic heterocycles. The van der Waals surface area contributed by atoms with Crippen molar-refractivity contribution in [1.82, 2.24) is 4.90 Å². The molecule has 6 heteroatoms. The van der Waals surface area contributed by atoms with E-state index >= 15 is 0 Å². The number of rotatable bonds is 5. The number of hydrogen-bond acceptors (Lipinski definition) is 3. The minimum Gasteiger partial charge on any atom is -0.369 e. The van der Waals surface area contributed by atoms with E-state index in [2.05, 4.69) is 34.5 Å². The van der Waals surface area contributed by atoms with Crippen molar-refractivity contribution in [2.24, 2.45) is 5.92 Å². The van der Waals surface area contributed by atoms with Crippen molar-refractivity contribution in [3.8, 4) is 0 Å². The van der Waals surface area contributed by atoms with E-state index in [9.17, 15) is 9.59 Å². The first-order valence-corrected chi connectivity index (χ1v) is 11.9. The number of carbonyl (C=O) groups is 2. The molecule has 1 unspecified atom stereocenters. The van der Waals surface area contributed by atoms with E-state index in [0.29, 0.717) is 5.92 Å². The number of amides is 2. The average Bonchev–Trinajstić information content (AvgIpc) is 3.30. The number of benzene rings is 2. The zero-order chi connectivity index (χ0) is 22.7. The molecule has 5 nitrogen and oxygen atoms in total. The summed E-state index contributed by atoms with van der Waals surface area (Å²) in [5.41, 5.74) is 3.29. The molecule has 0 bridgehead atoms. The molecule has 4 rings (SSSR count). The van der Waals surface area contributed by atoms with E-state index in [4.69, 9.17) is 11.6 Å². The summed E-state index contributed by atoms with van der Waals surface area (Å²) in [4.78, 5) is 28.5. The maximum atomic E-state index is 12.8. The third kappa shape index (κ3) is 5.26. The first-order chi connectivity index (χ1) is 15.4. The highest BCUT2D eigenvalue weighted by atomic mass is 35.5. The fourth-order valence-corrected chi connectivity index (χ4v) is 5.10. The van der Waals surface area contributed by atoms with Crippen LogP contribution in [0.25, 0.3) is 0 Å². The molecule has 2 fully saturated rings. The van der Waals surface area contributed by atoms with Crippen LogP contribution in [0.5, 0.6) is 0 Å². The minimum absolute atomic E-state index is 0.0692. The van der Waals surface area contributed by atoms with Gasteiger partial charge in [0.05, 0.1) is 6.04 Å². The van der Waals surface area contributed by atoms with Gasteiger partial charge in [-0.2, -0.15) is 0 Å². The Morgan fingerprint density at radius 2 is 1.62 bits per heavy atom. The molecule has 1 heterocycles. The highest BCUT2D eigenvalue weighted by Crippen LogP contribution is 2.36. The molecule has 0 spiro atoms. The van der Waals surface area contributed by atoms with Crippen LogP contribution in [0.1, 0.15) is 50.5 Å². The minimum atomic E-state index is 0.0692. The van der Waals surface area contributed by atoms with Crippen LogP contribution in [0.15, 0.2) is 48.5 Å². The van der Waals surface area contributed by atoms with E-state index in [1.807, 2.05) is 36.2 Å². The van der Waals surface area contributed by atoms with Crippen LogP contribution in [0.2, 0.25) is 5.02 Å². The molecule has 1 saturated carbocycles. The third-order valence-electron chi connectivity index (χ3n) is 7.15. The van der Waals surface area contributed by atoms with Crippen LogP contribution < -0.4 is 10.2 Å². The van der Waals surface area contributed by atoms with Crippen molar-refractivity contribution in [3.05, 3.63) is 59.1 Å². The Labute approximate surface area is 195 Å². The lowest BCUT2D eigenvalue weighted by molar-refractivity contribution is -0.129. The lowest BCUT2D eigenvalue weighted by atomic mass is 9.78. The number of anilines is 2. The van der Waals surface area contributed by atoms with Crippen LogP contribution in [0.3, 0.4) is 0 Å². The summed E-state index contributed by atoms with van der Waals surface area (Å²) in [6, 6.07) is 16.4. The molecule has 2 aliphatic rings. The van der Waals surface area contributed by atoms with Gasteiger partial charge in [-0.15, -0.1) is 0 Å². The Morgan fingerprint density at radius 3 is 2.25 bits per heavy atom. The Morgan fingerprint density at radius 1 is 0.969 bits per heavy atom. The number of hydrogen-bond donors (Lipinski definition) is 1. The molecule has 1 saturated heterocycles. The number of nitrogens with zero attached hydrogens (tertiary/aromatic N) is 2. The largest absolute Gasteiger partial charge is 0.369 e. The van der Waals surface area contributed by atoms with Crippen LogP contribution in [0.4, 0.5) is 11.4 Å². The van der Waals surface area contributed by atoms with Crippen molar-refractivity contribution in [1.29, 1.82) is 0 Å². The van der Waals surface area contributed by atoms with Gasteiger partial charge in [-0.3, -0.25) is 9.59 Å². The van der Waals surface area contributed by atoms with Gasteiger partial charge in [0.1, 0.15) is 0 Å². The fraction of sp³-hybridized carbons (Fsp3) is 0.462. The van der Waals surface area contributed by atoms with Crippen molar-refractivity contribution < 1.29 is 9.59 Å². The first kappa shape index (κ1) is 22.7. The standard InChI is InChI=1S/C26H32ClN3O2/c1-18(31)29(2)25-15-16-30(17-25)24-13-11-23(12-14-24)28-26(32)21-5-3-19(4-6-21)20-7-9-22(27)10-8-20/h7-14,19,21,25H,3-6,15-17H2,1-2H3,(H,28,32). The maximum Gasteiger partial charge on any atom is 0.227 e. The number of nitrogens with one attached hydrogen (secondary N) is 1. The molecule has 1 N–H and O–H groups in total. The van der Waals surface area contributed by atoms with Gasteiger partial charge in [0, 0.05) is 49.4 Å². The summed E-state index contributed by atoms with van der Waals surface area (Å²) < 4.78 is 0. The summed E-state index contributed by atoms with van der Waals surface area (Å²) >= 11 is 6.00. The second-order valence-corrected chi connectivity index (χ2v) is 9.59. The molecule has 1 aliphatic carbocycles. The van der Waals surface area contributed by atoms with Gasteiger partial charge in [0.15, 0.2) is 0 Å². The molecule has 1 atom stereocenters. The third-order valence-corrected chi connectivity index (χ3v) is 7.40. The predicted octanol–water partition coefficient (Wildman–Crippen LogP) is 5.31. The molecule has 2 aromatic carbocycles. The lowest BCUT2D eigenvalue weighted by Crippen LogP contribution is -2.37. The Hall–Kier alpha value is -2.53. The second kappa shape index (κ2) is 9.95. The van der Waals surface area contributed by atoms with Gasteiger partial charge < -0.3 is 15.1 Å². The molecule has 2 amide bonds. The van der Waals surface area contributed by atoms with Gasteiger partial charge in [-0.1, -0.05) is 23.7 Å². The molecule has 32 heavy (non-hydrogen) atoms. The number of carbonyl (C=O) groups excluding carboxylic acids is 2. The highest BCUT2D eigenvalue weighted by Gasteiger charge is 2.28. The smallest absolute Gasteiger partial charge is 0.227 e. The molecular formula is C26H32ClN3O2. The van der Waals surface area contributed by atoms with Crippen LogP contribution >= 0.6 is 11.6 Å². The molecule has 0 aromatic heterocycles. The number of halogens is 1. The summed E-state index contributed by atoms with van der Waals surface area (Å²) in [6.07, 6.45) is 4.87. The van der Waals surface area contributed by atoms with Crippen molar-refractivity contribution in [2.75, 3.05) is 30.4 Å². The average molecular weight is 454 g/mol. The van der Waals surface area contributed by atoms with E-state index in [1.54, 1.807) is 6.92 Å². The summed E-state index contributed by atoms with van der Waals surface area (Å²) in [6.45, 7) is 3.40. The quantitative estimate of drug-likeness (QED) is 0.667. The predicted molar refractivity (Wildman–Crippen MR) is 130 cm³/mol. The topological polar surface area (TPSA) is 52.7 Å². The van der Waals surface area contributed by atoms with Gasteiger partial charge in [-0.25, -0.2) is 0 Å². The normalized spacial score (nSPS) is 23.1. The first-order valence-electron chi connectivity index (χ1n) is 11.6. The SMILES string of the molecule is CC(=O)N(C)C1CCN(c2ccc(NC(=O)C3CCC(c4ccc(Cl)cc4)CC3)cc2)C1. The van der Waals surface area contributed by atoms with Gasteiger partial charge in [0.25, 0.3) is 0 Å². The molecule has 170 valence electrons. The lowest BCUT2D eigenvalue weighted by Gasteiger charge is -2.28. The molecule has 0 radical (unpaired) electrons. The summed E-state index contributed by atoms with van der Waals surface area (Å²) in [5, 5.41) is 3.87. The van der Waals surface area contributed by atoms with Crippen LogP contribution in [-0.2, 0) is 9.59 Å². The van der Waals surface area contributed by atoms with Gasteiger partial charge in [0.2, 0.25) is 11.8 Å². The van der Waals surface area contributed by atoms with Crippen molar-refractivity contribution in [2.45, 2.75) is 51.0 Å². The van der Waals surface area contributed by atoms with E-state index in [-0.39, 0.29) is 23.8 Å². The Bertz CT molecular complexity index is 937. The van der Waals surface area contributed by atoms with Gasteiger partial charge >= 0.3 is 0 Å². The Balaban J connectivity index is 1.27. The Kier molecular flexibility index (Phi) is 7.04. The van der Waals surface area contributed by atoms with Crippen molar-refractivity contribution >= 4 is 34.8 Å². The zero-order valence-electron chi connectivity index (χ0n) is 18.9. The van der Waals surface area contributed by atoms with E-state index in [0.717, 1.165) is 61.6 Å². The monoisotopic (exact) mass is 453 g/mol. The molecule has 2 aromatic rings. The fourth-order valence-electron chi connectivity index (χ4n) is 4.97. The van der Waals surface area contributed by atoms with Crippen LogP contribution in [-0.4, -0.2) is 42.9 Å². The molecular weight excluding hydrogens is 422 g/mol. The van der Waals surface area contributed by atoms with E-state index < -0.39 is 0 Å². The maximum absolute atomic E-state index is 12.8. The zero-order valence-corrected chi connectivity index (χ0v) is 19.6. The van der Waals surface area contributed by atoms with Crippen molar-refractivity contribution in [3.63, 3.8) is 0 Å². The number of likely N-dealkylation sites (N-methyl/N-ethyl adjacent to an activating group) is 1.